The summed E-state index contributed by atoms with van der Waals surface area (Å²) in [6.07, 6.45) is 0.150. The fraction of sp³-hybridized carbons (Fsp3) is 0.333. The van der Waals surface area contributed by atoms with Crippen LogP contribution in [0.1, 0.15) is 20.3 Å². The Kier molecular flexibility index (Phi) is 6.20. The van der Waals surface area contributed by atoms with Gasteiger partial charge in [-0.05, 0) is 31.5 Å². The van der Waals surface area contributed by atoms with E-state index in [2.05, 4.69) is 10.3 Å². The quantitative estimate of drug-likeness (QED) is 0.801. The lowest BCUT2D eigenvalue weighted by Gasteiger charge is -2.13. The van der Waals surface area contributed by atoms with Crippen molar-refractivity contribution in [3.63, 3.8) is 0 Å². The first-order chi connectivity index (χ1) is 10.5. The SMILES string of the molecule is CCOC(CC)C(=O)Nc1nc(-c2ccc(Cl)cc2Cl)cs1. The van der Waals surface area contributed by atoms with Crippen LogP contribution < -0.4 is 5.32 Å². The molecule has 22 heavy (non-hydrogen) atoms. The van der Waals surface area contributed by atoms with Gasteiger partial charge in [0.2, 0.25) is 0 Å². The lowest BCUT2D eigenvalue weighted by atomic mass is 10.2. The van der Waals surface area contributed by atoms with Gasteiger partial charge >= 0.3 is 0 Å². The molecule has 1 N–H and O–H groups in total. The second-order valence-corrected chi connectivity index (χ2v) is 6.21. The Morgan fingerprint density at radius 1 is 1.41 bits per heavy atom. The maximum atomic E-state index is 12.1. The lowest BCUT2D eigenvalue weighted by Crippen LogP contribution is -2.29. The fourth-order valence-electron chi connectivity index (χ4n) is 1.92. The van der Waals surface area contributed by atoms with E-state index in [1.54, 1.807) is 18.2 Å². The summed E-state index contributed by atoms with van der Waals surface area (Å²) in [5.41, 5.74) is 1.48. The van der Waals surface area contributed by atoms with Crippen LogP contribution in [0.15, 0.2) is 23.6 Å². The second kappa shape index (κ2) is 7.92. The largest absolute Gasteiger partial charge is 0.369 e. The molecule has 1 aromatic carbocycles. The maximum Gasteiger partial charge on any atom is 0.255 e. The number of hydrogen-bond donors (Lipinski definition) is 1. The number of amides is 1. The van der Waals surface area contributed by atoms with Crippen molar-refractivity contribution < 1.29 is 9.53 Å². The minimum Gasteiger partial charge on any atom is -0.369 e. The van der Waals surface area contributed by atoms with Crippen molar-refractivity contribution in [3.8, 4) is 11.3 Å². The first-order valence-electron chi connectivity index (χ1n) is 6.88. The van der Waals surface area contributed by atoms with Gasteiger partial charge in [0.15, 0.2) is 5.13 Å². The van der Waals surface area contributed by atoms with E-state index in [0.29, 0.717) is 33.9 Å². The number of rotatable bonds is 6. The monoisotopic (exact) mass is 358 g/mol. The third kappa shape index (κ3) is 4.20. The summed E-state index contributed by atoms with van der Waals surface area (Å²) in [6, 6.07) is 5.22. The van der Waals surface area contributed by atoms with Gasteiger partial charge in [0.1, 0.15) is 6.10 Å². The number of halogens is 2. The molecule has 0 saturated carbocycles. The van der Waals surface area contributed by atoms with Crippen molar-refractivity contribution in [1.82, 2.24) is 4.98 Å². The van der Waals surface area contributed by atoms with Crippen molar-refractivity contribution >= 4 is 45.6 Å². The average molecular weight is 359 g/mol. The topological polar surface area (TPSA) is 51.2 Å². The molecule has 1 unspecified atom stereocenters. The Balaban J connectivity index is 2.13. The van der Waals surface area contributed by atoms with Crippen molar-refractivity contribution in [2.45, 2.75) is 26.4 Å². The summed E-state index contributed by atoms with van der Waals surface area (Å²) in [7, 11) is 0. The number of ether oxygens (including phenoxy) is 1. The van der Waals surface area contributed by atoms with Gasteiger partial charge in [-0.1, -0.05) is 30.1 Å². The number of nitrogens with one attached hydrogen (secondary N) is 1. The number of carbonyl (C=O) groups is 1. The summed E-state index contributed by atoms with van der Waals surface area (Å²) in [6.45, 7) is 4.26. The van der Waals surface area contributed by atoms with Crippen LogP contribution >= 0.6 is 34.5 Å². The van der Waals surface area contributed by atoms with E-state index < -0.39 is 6.10 Å². The van der Waals surface area contributed by atoms with Crippen LogP contribution in [0.25, 0.3) is 11.3 Å². The number of thiazole rings is 1. The van der Waals surface area contributed by atoms with E-state index in [1.165, 1.54) is 11.3 Å². The fourth-order valence-corrected chi connectivity index (χ4v) is 3.14. The first-order valence-corrected chi connectivity index (χ1v) is 8.52. The zero-order valence-corrected chi connectivity index (χ0v) is 14.6. The summed E-state index contributed by atoms with van der Waals surface area (Å²) >= 11 is 13.4. The van der Waals surface area contributed by atoms with Crippen molar-refractivity contribution in [2.75, 3.05) is 11.9 Å². The molecule has 0 aliphatic heterocycles. The van der Waals surface area contributed by atoms with Crippen LogP contribution in [-0.2, 0) is 9.53 Å². The molecule has 1 amide bonds. The number of hydrogen-bond acceptors (Lipinski definition) is 4. The van der Waals surface area contributed by atoms with Crippen LogP contribution in [-0.4, -0.2) is 23.6 Å². The molecule has 118 valence electrons. The Labute approximate surface area is 143 Å². The second-order valence-electron chi connectivity index (χ2n) is 4.50. The van der Waals surface area contributed by atoms with Gasteiger partial charge in [-0.3, -0.25) is 10.1 Å². The molecule has 2 aromatic rings. The number of aromatic nitrogens is 1. The zero-order valence-electron chi connectivity index (χ0n) is 12.2. The van der Waals surface area contributed by atoms with Gasteiger partial charge < -0.3 is 4.74 Å². The lowest BCUT2D eigenvalue weighted by molar-refractivity contribution is -0.127. The van der Waals surface area contributed by atoms with Gasteiger partial charge in [-0.25, -0.2) is 4.98 Å². The molecule has 0 bridgehead atoms. The van der Waals surface area contributed by atoms with Gasteiger partial charge in [0.25, 0.3) is 5.91 Å². The molecular formula is C15H16Cl2N2O2S. The number of nitrogens with zero attached hydrogens (tertiary/aromatic N) is 1. The first kappa shape index (κ1) is 17.2. The standard InChI is InChI=1S/C15H16Cl2N2O2S/c1-3-13(21-4-2)14(20)19-15-18-12(8-22-15)10-6-5-9(16)7-11(10)17/h5-8,13H,3-4H2,1-2H3,(H,18,19,20). The molecule has 1 aromatic heterocycles. The van der Waals surface area contributed by atoms with Crippen molar-refractivity contribution in [1.29, 1.82) is 0 Å². The molecule has 7 heteroatoms. The third-order valence-corrected chi connectivity index (χ3v) is 4.28. The summed E-state index contributed by atoms with van der Waals surface area (Å²) in [5.74, 6) is -0.188. The minimum absolute atomic E-state index is 0.188. The molecule has 0 fully saturated rings. The van der Waals surface area contributed by atoms with Gasteiger partial charge in [-0.15, -0.1) is 11.3 Å². The van der Waals surface area contributed by atoms with Crippen LogP contribution in [0.4, 0.5) is 5.13 Å². The van der Waals surface area contributed by atoms with E-state index in [1.807, 2.05) is 19.2 Å². The Hall–Kier alpha value is -1.14. The molecular weight excluding hydrogens is 343 g/mol. The van der Waals surface area contributed by atoms with Crippen LogP contribution in [0.3, 0.4) is 0 Å². The summed E-state index contributed by atoms with van der Waals surface area (Å²) in [4.78, 5) is 16.5. The highest BCUT2D eigenvalue weighted by Crippen LogP contribution is 2.32. The molecule has 2 rings (SSSR count). The molecule has 4 nitrogen and oxygen atoms in total. The van der Waals surface area contributed by atoms with E-state index in [-0.39, 0.29) is 5.91 Å². The highest BCUT2D eigenvalue weighted by atomic mass is 35.5. The van der Waals surface area contributed by atoms with Gasteiger partial charge in [-0.2, -0.15) is 0 Å². The Morgan fingerprint density at radius 2 is 2.18 bits per heavy atom. The predicted molar refractivity (Wildman–Crippen MR) is 91.9 cm³/mol. The molecule has 0 spiro atoms. The number of benzene rings is 1. The molecule has 1 atom stereocenters. The molecule has 0 aliphatic carbocycles. The van der Waals surface area contributed by atoms with Crippen molar-refractivity contribution in [2.24, 2.45) is 0 Å². The van der Waals surface area contributed by atoms with Crippen LogP contribution in [0.5, 0.6) is 0 Å². The number of anilines is 1. The normalized spacial score (nSPS) is 12.2. The Morgan fingerprint density at radius 3 is 2.82 bits per heavy atom. The predicted octanol–water partition coefficient (Wildman–Crippen LogP) is 4.87. The summed E-state index contributed by atoms with van der Waals surface area (Å²) in [5, 5.41) is 6.22. The average Bonchev–Trinajstić information content (AvgIpc) is 2.92. The van der Waals surface area contributed by atoms with E-state index >= 15 is 0 Å². The van der Waals surface area contributed by atoms with Crippen LogP contribution in [0, 0.1) is 0 Å². The smallest absolute Gasteiger partial charge is 0.255 e. The Bertz CT molecular complexity index is 661. The zero-order chi connectivity index (χ0) is 16.1. The van der Waals surface area contributed by atoms with Gasteiger partial charge in [0, 0.05) is 22.6 Å². The molecule has 0 radical (unpaired) electrons. The highest BCUT2D eigenvalue weighted by molar-refractivity contribution is 7.14. The third-order valence-electron chi connectivity index (χ3n) is 2.97. The molecule has 0 saturated heterocycles. The van der Waals surface area contributed by atoms with E-state index in [9.17, 15) is 4.79 Å². The molecule has 1 heterocycles. The highest BCUT2D eigenvalue weighted by Gasteiger charge is 2.18. The maximum absolute atomic E-state index is 12.1. The van der Waals surface area contributed by atoms with E-state index in [4.69, 9.17) is 27.9 Å². The van der Waals surface area contributed by atoms with Gasteiger partial charge in [0.05, 0.1) is 10.7 Å². The van der Waals surface area contributed by atoms with Crippen molar-refractivity contribution in [3.05, 3.63) is 33.6 Å². The molecule has 0 aliphatic rings. The van der Waals surface area contributed by atoms with Crippen LogP contribution in [0.2, 0.25) is 10.0 Å². The minimum atomic E-state index is -0.462. The summed E-state index contributed by atoms with van der Waals surface area (Å²) < 4.78 is 5.38. The van der Waals surface area contributed by atoms with E-state index in [0.717, 1.165) is 5.56 Å². The number of carbonyl (C=O) groups excluding carboxylic acids is 1.